The van der Waals surface area contributed by atoms with Crippen molar-refractivity contribution in [2.24, 2.45) is 0 Å². The topological polar surface area (TPSA) is 25.2 Å². The number of benzene rings is 1. The first kappa shape index (κ1) is 9.52. The lowest BCUT2D eigenvalue weighted by molar-refractivity contribution is 0.556. The lowest BCUT2D eigenvalue weighted by atomic mass is 9.94. The molecule has 2 heteroatoms. The quantitative estimate of drug-likeness (QED) is 0.781. The van der Waals surface area contributed by atoms with Crippen molar-refractivity contribution < 1.29 is 4.42 Å². The monoisotopic (exact) mass is 213 g/mol. The van der Waals surface area contributed by atoms with E-state index >= 15 is 0 Å². The van der Waals surface area contributed by atoms with Crippen LogP contribution in [0.3, 0.4) is 0 Å². The molecule has 0 amide bonds. The molecule has 1 N–H and O–H groups in total. The first-order chi connectivity index (χ1) is 7.83. The van der Waals surface area contributed by atoms with Gasteiger partial charge in [-0.05, 0) is 37.5 Å². The van der Waals surface area contributed by atoms with E-state index in [1.165, 1.54) is 22.4 Å². The normalized spacial score (nSPS) is 18.9. The van der Waals surface area contributed by atoms with Crippen molar-refractivity contribution in [3.63, 3.8) is 0 Å². The molecule has 2 nitrogen and oxygen atoms in total. The van der Waals surface area contributed by atoms with Crippen LogP contribution in [0.1, 0.15) is 29.2 Å². The first-order valence-corrected chi connectivity index (χ1v) is 5.71. The van der Waals surface area contributed by atoms with Gasteiger partial charge in [0.15, 0.2) is 0 Å². The number of furan rings is 1. The van der Waals surface area contributed by atoms with Crippen molar-refractivity contribution >= 4 is 5.69 Å². The zero-order valence-corrected chi connectivity index (χ0v) is 9.36. The van der Waals surface area contributed by atoms with E-state index in [0.717, 1.165) is 12.8 Å². The molecule has 0 aliphatic carbocycles. The van der Waals surface area contributed by atoms with Gasteiger partial charge in [-0.15, -0.1) is 0 Å². The Morgan fingerprint density at radius 2 is 2.25 bits per heavy atom. The SMILES string of the molecule is Cc1ccc2c(c1)CCC(c1ccoc1)N2. The summed E-state index contributed by atoms with van der Waals surface area (Å²) < 4.78 is 5.13. The number of hydrogen-bond donors (Lipinski definition) is 1. The maximum atomic E-state index is 5.13. The van der Waals surface area contributed by atoms with Gasteiger partial charge in [-0.3, -0.25) is 0 Å². The highest BCUT2D eigenvalue weighted by Gasteiger charge is 2.19. The van der Waals surface area contributed by atoms with Gasteiger partial charge in [-0.2, -0.15) is 0 Å². The molecule has 2 heterocycles. The second-order valence-electron chi connectivity index (χ2n) is 4.45. The number of rotatable bonds is 1. The molecule has 82 valence electrons. The van der Waals surface area contributed by atoms with Gasteiger partial charge in [-0.1, -0.05) is 17.7 Å². The summed E-state index contributed by atoms with van der Waals surface area (Å²) in [7, 11) is 0. The Balaban J connectivity index is 1.89. The van der Waals surface area contributed by atoms with E-state index in [4.69, 9.17) is 4.42 Å². The first-order valence-electron chi connectivity index (χ1n) is 5.71. The maximum absolute atomic E-state index is 5.13. The Labute approximate surface area is 95.3 Å². The third-order valence-electron chi connectivity index (χ3n) is 3.24. The number of aryl methyl sites for hydroxylation is 2. The third-order valence-corrected chi connectivity index (χ3v) is 3.24. The third kappa shape index (κ3) is 1.60. The Kier molecular flexibility index (Phi) is 2.21. The second kappa shape index (κ2) is 3.71. The molecule has 0 radical (unpaired) electrons. The average Bonchev–Trinajstić information content (AvgIpc) is 2.82. The zero-order valence-electron chi connectivity index (χ0n) is 9.36. The molecule has 1 atom stereocenters. The van der Waals surface area contributed by atoms with Gasteiger partial charge in [-0.25, -0.2) is 0 Å². The predicted molar refractivity (Wildman–Crippen MR) is 64.6 cm³/mol. The Morgan fingerprint density at radius 1 is 1.31 bits per heavy atom. The fourth-order valence-electron chi connectivity index (χ4n) is 2.35. The van der Waals surface area contributed by atoms with Crippen LogP contribution in [0.2, 0.25) is 0 Å². The summed E-state index contributed by atoms with van der Waals surface area (Å²) in [6.45, 7) is 2.14. The Morgan fingerprint density at radius 3 is 3.06 bits per heavy atom. The Hall–Kier alpha value is -1.70. The standard InChI is InChI=1S/C14H15NO/c1-10-2-4-13-11(8-10)3-5-14(15-13)12-6-7-16-9-12/h2,4,6-9,14-15H,3,5H2,1H3. The van der Waals surface area contributed by atoms with Gasteiger partial charge in [0.25, 0.3) is 0 Å². The van der Waals surface area contributed by atoms with E-state index < -0.39 is 0 Å². The molecular weight excluding hydrogens is 198 g/mol. The van der Waals surface area contributed by atoms with Gasteiger partial charge in [0.2, 0.25) is 0 Å². The highest BCUT2D eigenvalue weighted by molar-refractivity contribution is 5.56. The average molecular weight is 213 g/mol. The van der Waals surface area contributed by atoms with E-state index in [-0.39, 0.29) is 0 Å². The van der Waals surface area contributed by atoms with Crippen LogP contribution in [-0.4, -0.2) is 0 Å². The summed E-state index contributed by atoms with van der Waals surface area (Å²) in [4.78, 5) is 0. The van der Waals surface area contributed by atoms with Crippen molar-refractivity contribution in [1.29, 1.82) is 0 Å². The van der Waals surface area contributed by atoms with Crippen molar-refractivity contribution in [1.82, 2.24) is 0 Å². The van der Waals surface area contributed by atoms with Crippen LogP contribution >= 0.6 is 0 Å². The zero-order chi connectivity index (χ0) is 11.0. The van der Waals surface area contributed by atoms with E-state index in [1.807, 2.05) is 12.3 Å². The molecular formula is C14H15NO. The summed E-state index contributed by atoms with van der Waals surface area (Å²) in [5.74, 6) is 0. The van der Waals surface area contributed by atoms with Crippen molar-refractivity contribution in [2.75, 3.05) is 5.32 Å². The minimum Gasteiger partial charge on any atom is -0.472 e. The van der Waals surface area contributed by atoms with E-state index in [0.29, 0.717) is 6.04 Å². The Bertz CT molecular complexity index is 487. The summed E-state index contributed by atoms with van der Waals surface area (Å²) in [6.07, 6.45) is 5.84. The summed E-state index contributed by atoms with van der Waals surface area (Å²) in [5, 5.41) is 3.57. The molecule has 1 aliphatic rings. The van der Waals surface area contributed by atoms with Crippen LogP contribution in [0.25, 0.3) is 0 Å². The highest BCUT2D eigenvalue weighted by Crippen LogP contribution is 2.32. The lowest BCUT2D eigenvalue weighted by Crippen LogP contribution is -2.17. The predicted octanol–water partition coefficient (Wildman–Crippen LogP) is 3.69. The maximum Gasteiger partial charge on any atom is 0.0955 e. The molecule has 0 spiro atoms. The van der Waals surface area contributed by atoms with E-state index in [1.54, 1.807) is 6.26 Å². The van der Waals surface area contributed by atoms with Crippen LogP contribution in [0.5, 0.6) is 0 Å². The molecule has 0 bridgehead atoms. The van der Waals surface area contributed by atoms with Gasteiger partial charge in [0.05, 0.1) is 18.6 Å². The van der Waals surface area contributed by atoms with Crippen LogP contribution in [0, 0.1) is 6.92 Å². The largest absolute Gasteiger partial charge is 0.472 e. The molecule has 1 aromatic carbocycles. The van der Waals surface area contributed by atoms with Crippen LogP contribution in [-0.2, 0) is 6.42 Å². The van der Waals surface area contributed by atoms with Crippen molar-refractivity contribution in [3.8, 4) is 0 Å². The number of fused-ring (bicyclic) bond motifs is 1. The van der Waals surface area contributed by atoms with Gasteiger partial charge in [0, 0.05) is 11.3 Å². The molecule has 0 saturated carbocycles. The lowest BCUT2D eigenvalue weighted by Gasteiger charge is -2.26. The second-order valence-corrected chi connectivity index (χ2v) is 4.45. The molecule has 3 rings (SSSR count). The fourth-order valence-corrected chi connectivity index (χ4v) is 2.35. The molecule has 16 heavy (non-hydrogen) atoms. The molecule has 2 aromatic rings. The van der Waals surface area contributed by atoms with Crippen molar-refractivity contribution in [3.05, 3.63) is 53.5 Å². The van der Waals surface area contributed by atoms with Gasteiger partial charge in [0.1, 0.15) is 0 Å². The molecule has 0 saturated heterocycles. The summed E-state index contributed by atoms with van der Waals surface area (Å²) in [6, 6.07) is 9.04. The van der Waals surface area contributed by atoms with Crippen molar-refractivity contribution in [2.45, 2.75) is 25.8 Å². The molecule has 1 unspecified atom stereocenters. The smallest absolute Gasteiger partial charge is 0.0955 e. The van der Waals surface area contributed by atoms with Gasteiger partial charge >= 0.3 is 0 Å². The van der Waals surface area contributed by atoms with Crippen LogP contribution in [0.4, 0.5) is 5.69 Å². The van der Waals surface area contributed by atoms with E-state index in [9.17, 15) is 0 Å². The molecule has 0 fully saturated rings. The van der Waals surface area contributed by atoms with Crippen LogP contribution in [0.15, 0.2) is 41.2 Å². The minimum absolute atomic E-state index is 0.397. The van der Waals surface area contributed by atoms with Gasteiger partial charge < -0.3 is 9.73 Å². The summed E-state index contributed by atoms with van der Waals surface area (Å²) >= 11 is 0. The fraction of sp³-hybridized carbons (Fsp3) is 0.286. The number of anilines is 1. The minimum atomic E-state index is 0.397. The van der Waals surface area contributed by atoms with Crippen LogP contribution < -0.4 is 5.32 Å². The summed E-state index contributed by atoms with van der Waals surface area (Å²) in [5.41, 5.74) is 5.27. The molecule has 1 aromatic heterocycles. The molecule has 1 aliphatic heterocycles. The highest BCUT2D eigenvalue weighted by atomic mass is 16.3. The van der Waals surface area contributed by atoms with E-state index in [2.05, 4.69) is 30.4 Å². The number of nitrogens with one attached hydrogen (secondary N) is 1. The number of hydrogen-bond acceptors (Lipinski definition) is 2.